The molecule has 0 saturated carbocycles. The molecule has 0 aromatic rings. The zero-order valence-corrected chi connectivity index (χ0v) is 5.02. The quantitative estimate of drug-likeness (QED) is 0.296. The number of rotatable bonds is 3. The van der Waals surface area contributed by atoms with Crippen LogP contribution in [-0.4, -0.2) is 39.2 Å². The lowest BCUT2D eigenvalue weighted by Crippen LogP contribution is -2.29. The maximum atomic E-state index is 9.62. The van der Waals surface area contributed by atoms with Crippen molar-refractivity contribution >= 4 is 6.16 Å². The summed E-state index contributed by atoms with van der Waals surface area (Å²) in [6.45, 7) is -0.459. The molecule has 0 atom stereocenters. The molecule has 0 aliphatic carbocycles. The van der Waals surface area contributed by atoms with Gasteiger partial charge >= 0.3 is 6.16 Å². The minimum atomic E-state index is -2.85. The van der Waals surface area contributed by atoms with Crippen molar-refractivity contribution < 1.29 is 30.0 Å². The van der Waals surface area contributed by atoms with E-state index in [1.165, 1.54) is 0 Å². The summed E-state index contributed by atoms with van der Waals surface area (Å²) in [5.74, 6) is -2.85. The van der Waals surface area contributed by atoms with Crippen molar-refractivity contribution in [2.45, 2.75) is 12.4 Å². The summed E-state index contributed by atoms with van der Waals surface area (Å²) in [6.07, 6.45) is -2.09. The summed E-state index contributed by atoms with van der Waals surface area (Å²) in [4.78, 5) is 9.62. The average Bonchev–Trinajstić information content (AvgIpc) is 1.59. The van der Waals surface area contributed by atoms with Gasteiger partial charge in [-0.25, -0.2) is 4.79 Å². The summed E-state index contributed by atoms with van der Waals surface area (Å²) >= 11 is 0. The Kier molecular flexibility index (Phi) is 3.07. The van der Waals surface area contributed by atoms with Crippen LogP contribution in [0.5, 0.6) is 0 Å². The number of hydrogen-bond acceptors (Lipinski definition) is 5. The van der Waals surface area contributed by atoms with E-state index in [1.54, 1.807) is 0 Å². The van der Waals surface area contributed by atoms with Crippen LogP contribution in [0, 0.1) is 0 Å². The zero-order valence-electron chi connectivity index (χ0n) is 5.02. The second kappa shape index (κ2) is 3.35. The summed E-state index contributed by atoms with van der Waals surface area (Å²) in [5, 5.41) is 32.3. The van der Waals surface area contributed by atoms with Crippen LogP contribution in [0.15, 0.2) is 0 Å². The van der Waals surface area contributed by atoms with Crippen LogP contribution in [0.1, 0.15) is 6.42 Å². The summed E-state index contributed by atoms with van der Waals surface area (Å²) < 4.78 is 3.85. The van der Waals surface area contributed by atoms with Crippen molar-refractivity contribution in [1.82, 2.24) is 0 Å². The molecule has 0 bridgehead atoms. The molecule has 0 aromatic carbocycles. The molecule has 0 aliphatic rings. The molecule has 0 unspecified atom stereocenters. The zero-order chi connectivity index (χ0) is 8.20. The number of ether oxygens (including phenoxy) is 1. The van der Waals surface area contributed by atoms with Gasteiger partial charge in [0, 0.05) is 0 Å². The number of carbonyl (C=O) groups is 1. The molecule has 0 spiro atoms. The van der Waals surface area contributed by atoms with Crippen molar-refractivity contribution in [2.75, 3.05) is 6.61 Å². The van der Waals surface area contributed by atoms with E-state index >= 15 is 0 Å². The third kappa shape index (κ3) is 7.15. The van der Waals surface area contributed by atoms with Crippen molar-refractivity contribution in [2.24, 2.45) is 0 Å². The van der Waals surface area contributed by atoms with Crippen LogP contribution in [0.25, 0.3) is 0 Å². The van der Waals surface area contributed by atoms with Gasteiger partial charge in [-0.3, -0.25) is 0 Å². The monoisotopic (exact) mass is 152 g/mol. The van der Waals surface area contributed by atoms with Crippen molar-refractivity contribution in [3.8, 4) is 0 Å². The molecule has 0 radical (unpaired) electrons. The van der Waals surface area contributed by atoms with E-state index in [2.05, 4.69) is 4.74 Å². The van der Waals surface area contributed by atoms with E-state index in [0.717, 1.165) is 0 Å². The first kappa shape index (κ1) is 9.15. The molecule has 0 fully saturated rings. The number of aliphatic hydroxyl groups is 3. The first-order valence-corrected chi connectivity index (χ1v) is 2.44. The molecule has 6 heteroatoms. The predicted octanol–water partition coefficient (Wildman–Crippen LogP) is -1.30. The van der Waals surface area contributed by atoms with Gasteiger partial charge in [0.15, 0.2) is 0 Å². The molecule has 6 nitrogen and oxygen atoms in total. The molecular formula is C4H8O6. The summed E-state index contributed by atoms with van der Waals surface area (Å²) in [5.41, 5.74) is 0. The molecular weight excluding hydrogens is 144 g/mol. The Morgan fingerprint density at radius 1 is 1.40 bits per heavy atom. The summed E-state index contributed by atoms with van der Waals surface area (Å²) in [6, 6.07) is 0. The fraction of sp³-hybridized carbons (Fsp3) is 0.750. The Hall–Kier alpha value is -0.850. The molecule has 0 aromatic heterocycles. The van der Waals surface area contributed by atoms with E-state index < -0.39 is 25.2 Å². The Labute approximate surface area is 56.3 Å². The highest BCUT2D eigenvalue weighted by Crippen LogP contribution is 1.99. The molecule has 0 rings (SSSR count). The highest BCUT2D eigenvalue weighted by molar-refractivity contribution is 5.56. The van der Waals surface area contributed by atoms with E-state index in [9.17, 15) is 4.79 Å². The van der Waals surface area contributed by atoms with Gasteiger partial charge in [0.05, 0.1) is 6.42 Å². The highest BCUT2D eigenvalue weighted by Gasteiger charge is 2.18. The van der Waals surface area contributed by atoms with E-state index in [4.69, 9.17) is 20.4 Å². The molecule has 10 heavy (non-hydrogen) atoms. The third-order valence-corrected chi connectivity index (χ3v) is 0.663. The molecule has 4 N–H and O–H groups in total. The molecule has 0 saturated heterocycles. The van der Waals surface area contributed by atoms with Crippen molar-refractivity contribution in [1.29, 1.82) is 0 Å². The van der Waals surface area contributed by atoms with Crippen LogP contribution in [0.4, 0.5) is 4.79 Å². The smallest absolute Gasteiger partial charge is 0.450 e. The lowest BCUT2D eigenvalue weighted by molar-refractivity contribution is -0.316. The van der Waals surface area contributed by atoms with Crippen LogP contribution >= 0.6 is 0 Å². The lowest BCUT2D eigenvalue weighted by atomic mass is 10.4. The topological polar surface area (TPSA) is 107 Å². The van der Waals surface area contributed by atoms with E-state index in [0.29, 0.717) is 0 Å². The second-order valence-corrected chi connectivity index (χ2v) is 1.64. The van der Waals surface area contributed by atoms with Gasteiger partial charge in [0.25, 0.3) is 5.97 Å². The van der Waals surface area contributed by atoms with Gasteiger partial charge in [0.2, 0.25) is 0 Å². The third-order valence-electron chi connectivity index (χ3n) is 0.663. The molecule has 0 aliphatic heterocycles. The molecule has 60 valence electrons. The fourth-order valence-corrected chi connectivity index (χ4v) is 0.275. The molecule has 0 amide bonds. The standard InChI is InChI=1S/C4H8O6/c5-3(6)10-2-1-4(7,8)9/h7-9H,1-2H2,(H,5,6). The summed E-state index contributed by atoms with van der Waals surface area (Å²) in [7, 11) is 0. The maximum absolute atomic E-state index is 9.62. The SMILES string of the molecule is O=C(O)OCCC(O)(O)O. The van der Waals surface area contributed by atoms with E-state index in [-0.39, 0.29) is 0 Å². The first-order chi connectivity index (χ1) is 4.42. The minimum Gasteiger partial charge on any atom is -0.450 e. The van der Waals surface area contributed by atoms with Gasteiger partial charge in [-0.2, -0.15) is 0 Å². The van der Waals surface area contributed by atoms with Crippen molar-refractivity contribution in [3.05, 3.63) is 0 Å². The molecule has 0 heterocycles. The largest absolute Gasteiger partial charge is 0.505 e. The Morgan fingerprint density at radius 2 is 1.90 bits per heavy atom. The van der Waals surface area contributed by atoms with Crippen LogP contribution in [-0.2, 0) is 4.74 Å². The van der Waals surface area contributed by atoms with Crippen LogP contribution in [0.2, 0.25) is 0 Å². The number of carboxylic acid groups (broad SMARTS) is 1. The second-order valence-electron chi connectivity index (χ2n) is 1.64. The Balaban J connectivity index is 3.29. The normalized spacial score (nSPS) is 11.1. The lowest BCUT2D eigenvalue weighted by Gasteiger charge is -2.11. The maximum Gasteiger partial charge on any atom is 0.505 e. The Bertz CT molecular complexity index is 113. The van der Waals surface area contributed by atoms with Gasteiger partial charge in [-0.15, -0.1) is 0 Å². The van der Waals surface area contributed by atoms with Gasteiger partial charge in [-0.05, 0) is 0 Å². The Morgan fingerprint density at radius 3 is 2.20 bits per heavy atom. The fourth-order valence-electron chi connectivity index (χ4n) is 0.275. The van der Waals surface area contributed by atoms with E-state index in [1.807, 2.05) is 0 Å². The van der Waals surface area contributed by atoms with Crippen LogP contribution < -0.4 is 0 Å². The van der Waals surface area contributed by atoms with Crippen molar-refractivity contribution in [3.63, 3.8) is 0 Å². The van der Waals surface area contributed by atoms with Gasteiger partial charge < -0.3 is 25.2 Å². The van der Waals surface area contributed by atoms with Gasteiger partial charge in [-0.1, -0.05) is 0 Å². The highest BCUT2D eigenvalue weighted by atomic mass is 16.7. The average molecular weight is 152 g/mol. The van der Waals surface area contributed by atoms with Crippen LogP contribution in [0.3, 0.4) is 0 Å². The first-order valence-electron chi connectivity index (χ1n) is 2.44. The predicted molar refractivity (Wildman–Crippen MR) is 28.0 cm³/mol. The minimum absolute atomic E-state index is 0.459. The number of hydrogen-bond donors (Lipinski definition) is 4. The van der Waals surface area contributed by atoms with Gasteiger partial charge in [0.1, 0.15) is 6.61 Å².